The average Bonchev–Trinajstić information content (AvgIpc) is 2.98. The van der Waals surface area contributed by atoms with Crippen LogP contribution in [0, 0.1) is 13.8 Å². The van der Waals surface area contributed by atoms with E-state index in [0.717, 1.165) is 6.54 Å². The lowest BCUT2D eigenvalue weighted by atomic mass is 9.86. The van der Waals surface area contributed by atoms with Gasteiger partial charge in [-0.3, -0.25) is 4.90 Å². The minimum atomic E-state index is 0.122. The van der Waals surface area contributed by atoms with Crippen LogP contribution in [-0.4, -0.2) is 43.2 Å². The van der Waals surface area contributed by atoms with Crippen molar-refractivity contribution in [3.8, 4) is 0 Å². The number of hydrogen-bond acceptors (Lipinski definition) is 3. The van der Waals surface area contributed by atoms with Gasteiger partial charge in [0.15, 0.2) is 0 Å². The van der Waals surface area contributed by atoms with Gasteiger partial charge in [-0.1, -0.05) is 6.07 Å². The zero-order valence-corrected chi connectivity index (χ0v) is 13.0. The molecule has 2 aliphatic heterocycles. The molecule has 20 heavy (non-hydrogen) atoms. The van der Waals surface area contributed by atoms with E-state index in [2.05, 4.69) is 48.9 Å². The van der Waals surface area contributed by atoms with E-state index < -0.39 is 0 Å². The highest BCUT2D eigenvalue weighted by Gasteiger charge is 2.50. The summed E-state index contributed by atoms with van der Waals surface area (Å²) in [6, 6.07) is 7.46. The molecule has 2 unspecified atom stereocenters. The van der Waals surface area contributed by atoms with E-state index in [-0.39, 0.29) is 5.54 Å². The maximum absolute atomic E-state index is 6.27. The normalized spacial score (nSPS) is 29.7. The molecule has 0 saturated carbocycles. The number of nitrogens with zero attached hydrogens (tertiary/aromatic N) is 2. The molecule has 3 heteroatoms. The second-order valence-corrected chi connectivity index (χ2v) is 6.66. The van der Waals surface area contributed by atoms with Crippen LogP contribution in [0.15, 0.2) is 18.2 Å². The maximum Gasteiger partial charge on any atom is 0.0687 e. The number of anilines is 1. The van der Waals surface area contributed by atoms with Crippen molar-refractivity contribution in [3.63, 3.8) is 0 Å². The SMILES string of the molecule is Cc1cc(C)cc(N(C)C2(CN)CCN3CCCC32)c1. The number of rotatable bonds is 3. The van der Waals surface area contributed by atoms with Crippen LogP contribution in [0.2, 0.25) is 0 Å². The lowest BCUT2D eigenvalue weighted by molar-refractivity contribution is 0.262. The van der Waals surface area contributed by atoms with Gasteiger partial charge in [0, 0.05) is 31.9 Å². The Bertz CT molecular complexity index is 479. The summed E-state index contributed by atoms with van der Waals surface area (Å²) < 4.78 is 0. The van der Waals surface area contributed by atoms with Crippen LogP contribution >= 0.6 is 0 Å². The van der Waals surface area contributed by atoms with Gasteiger partial charge in [-0.25, -0.2) is 0 Å². The van der Waals surface area contributed by atoms with Crippen molar-refractivity contribution in [2.75, 3.05) is 31.6 Å². The van der Waals surface area contributed by atoms with Crippen molar-refractivity contribution in [2.24, 2.45) is 5.73 Å². The van der Waals surface area contributed by atoms with E-state index in [9.17, 15) is 0 Å². The molecular weight excluding hydrogens is 246 g/mol. The van der Waals surface area contributed by atoms with Gasteiger partial charge in [0.05, 0.1) is 5.54 Å². The molecule has 0 aromatic heterocycles. The summed E-state index contributed by atoms with van der Waals surface area (Å²) >= 11 is 0. The largest absolute Gasteiger partial charge is 0.366 e. The van der Waals surface area contributed by atoms with Crippen LogP contribution < -0.4 is 10.6 Å². The average molecular weight is 273 g/mol. The Labute approximate surface area is 122 Å². The molecule has 0 aliphatic carbocycles. The Morgan fingerprint density at radius 3 is 2.60 bits per heavy atom. The first-order valence-corrected chi connectivity index (χ1v) is 7.83. The molecule has 0 radical (unpaired) electrons. The molecule has 2 aliphatic rings. The van der Waals surface area contributed by atoms with Crippen LogP contribution in [0.25, 0.3) is 0 Å². The Balaban J connectivity index is 1.96. The minimum absolute atomic E-state index is 0.122. The van der Waals surface area contributed by atoms with Gasteiger partial charge < -0.3 is 10.6 Å². The van der Waals surface area contributed by atoms with Crippen molar-refractivity contribution in [3.05, 3.63) is 29.3 Å². The maximum atomic E-state index is 6.27. The fraction of sp³-hybridized carbons (Fsp3) is 0.647. The Kier molecular flexibility index (Phi) is 3.51. The minimum Gasteiger partial charge on any atom is -0.366 e. The van der Waals surface area contributed by atoms with Crippen LogP contribution in [-0.2, 0) is 0 Å². The monoisotopic (exact) mass is 273 g/mol. The topological polar surface area (TPSA) is 32.5 Å². The van der Waals surface area contributed by atoms with E-state index in [4.69, 9.17) is 5.73 Å². The van der Waals surface area contributed by atoms with E-state index in [1.54, 1.807) is 0 Å². The molecular formula is C17H27N3. The fourth-order valence-electron chi connectivity index (χ4n) is 4.37. The van der Waals surface area contributed by atoms with Crippen molar-refractivity contribution >= 4 is 5.69 Å². The molecule has 3 nitrogen and oxygen atoms in total. The number of likely N-dealkylation sites (N-methyl/N-ethyl adjacent to an activating group) is 1. The molecule has 2 N–H and O–H groups in total. The molecule has 2 heterocycles. The summed E-state index contributed by atoms with van der Waals surface area (Å²) in [6.45, 7) is 7.56. The lowest BCUT2D eigenvalue weighted by Gasteiger charge is -2.44. The highest BCUT2D eigenvalue weighted by atomic mass is 15.3. The van der Waals surface area contributed by atoms with E-state index in [1.165, 1.54) is 49.2 Å². The number of aryl methyl sites for hydroxylation is 2. The van der Waals surface area contributed by atoms with Crippen LogP contribution in [0.3, 0.4) is 0 Å². The Morgan fingerprint density at radius 2 is 1.95 bits per heavy atom. The van der Waals surface area contributed by atoms with Crippen molar-refractivity contribution in [2.45, 2.75) is 44.7 Å². The Hall–Kier alpha value is -1.06. The van der Waals surface area contributed by atoms with E-state index in [0.29, 0.717) is 6.04 Å². The van der Waals surface area contributed by atoms with Crippen molar-refractivity contribution < 1.29 is 0 Å². The second kappa shape index (κ2) is 5.05. The van der Waals surface area contributed by atoms with Gasteiger partial charge in [0.2, 0.25) is 0 Å². The molecule has 1 aromatic rings. The molecule has 2 atom stereocenters. The first kappa shape index (κ1) is 13.9. The summed E-state index contributed by atoms with van der Waals surface area (Å²) in [7, 11) is 2.24. The fourth-order valence-corrected chi connectivity index (χ4v) is 4.37. The number of fused-ring (bicyclic) bond motifs is 1. The third-order valence-corrected chi connectivity index (χ3v) is 5.43. The van der Waals surface area contributed by atoms with Gasteiger partial charge in [0.25, 0.3) is 0 Å². The first-order valence-electron chi connectivity index (χ1n) is 7.83. The van der Waals surface area contributed by atoms with Crippen molar-refractivity contribution in [1.29, 1.82) is 0 Å². The molecule has 3 rings (SSSR count). The van der Waals surface area contributed by atoms with Crippen LogP contribution in [0.4, 0.5) is 5.69 Å². The third-order valence-electron chi connectivity index (χ3n) is 5.43. The van der Waals surface area contributed by atoms with Gasteiger partial charge in [-0.2, -0.15) is 0 Å². The highest BCUT2D eigenvalue weighted by molar-refractivity contribution is 5.53. The molecule has 2 saturated heterocycles. The zero-order chi connectivity index (χ0) is 14.3. The van der Waals surface area contributed by atoms with Gasteiger partial charge in [0.1, 0.15) is 0 Å². The molecule has 0 spiro atoms. The lowest BCUT2D eigenvalue weighted by Crippen LogP contribution is -2.58. The molecule has 1 aromatic carbocycles. The number of benzene rings is 1. The predicted octanol–water partition coefficient (Wildman–Crippen LogP) is 2.31. The summed E-state index contributed by atoms with van der Waals surface area (Å²) in [6.07, 6.45) is 3.82. The van der Waals surface area contributed by atoms with Crippen LogP contribution in [0.1, 0.15) is 30.4 Å². The molecule has 2 fully saturated rings. The molecule has 110 valence electrons. The molecule has 0 bridgehead atoms. The number of nitrogens with two attached hydrogens (primary N) is 1. The predicted molar refractivity (Wildman–Crippen MR) is 85.3 cm³/mol. The first-order chi connectivity index (χ1) is 9.56. The molecule has 0 amide bonds. The van der Waals surface area contributed by atoms with E-state index in [1.807, 2.05) is 0 Å². The van der Waals surface area contributed by atoms with E-state index >= 15 is 0 Å². The van der Waals surface area contributed by atoms with Gasteiger partial charge >= 0.3 is 0 Å². The summed E-state index contributed by atoms with van der Waals surface area (Å²) in [5.74, 6) is 0. The standard InChI is InChI=1S/C17H27N3/c1-13-9-14(2)11-15(10-13)19(3)17(12-18)6-8-20-7-4-5-16(17)20/h9-11,16H,4-8,12,18H2,1-3H3. The third kappa shape index (κ3) is 2.04. The summed E-state index contributed by atoms with van der Waals surface area (Å²) in [4.78, 5) is 5.12. The highest BCUT2D eigenvalue weighted by Crippen LogP contribution is 2.41. The zero-order valence-electron chi connectivity index (χ0n) is 13.0. The summed E-state index contributed by atoms with van der Waals surface area (Å²) in [5, 5.41) is 0. The number of hydrogen-bond donors (Lipinski definition) is 1. The van der Waals surface area contributed by atoms with Crippen LogP contribution in [0.5, 0.6) is 0 Å². The summed E-state index contributed by atoms with van der Waals surface area (Å²) in [5.41, 5.74) is 10.4. The van der Waals surface area contributed by atoms with Gasteiger partial charge in [-0.15, -0.1) is 0 Å². The van der Waals surface area contributed by atoms with Crippen molar-refractivity contribution in [1.82, 2.24) is 4.90 Å². The quantitative estimate of drug-likeness (QED) is 0.917. The van der Waals surface area contributed by atoms with Gasteiger partial charge in [-0.05, 0) is 62.9 Å². The Morgan fingerprint density at radius 1 is 1.25 bits per heavy atom. The second-order valence-electron chi connectivity index (χ2n) is 6.66. The smallest absolute Gasteiger partial charge is 0.0687 e.